The molecule has 0 aromatic carbocycles. The van der Waals surface area contributed by atoms with Gasteiger partial charge in [0.25, 0.3) is 0 Å². The van der Waals surface area contributed by atoms with E-state index in [1.165, 1.54) is 19.1 Å². The molecule has 3 heteroatoms. The van der Waals surface area contributed by atoms with Gasteiger partial charge in [-0.15, -0.1) is 0 Å². The van der Waals surface area contributed by atoms with Gasteiger partial charge in [0.15, 0.2) is 0 Å². The molecule has 9 heavy (non-hydrogen) atoms. The summed E-state index contributed by atoms with van der Waals surface area (Å²) in [5.41, 5.74) is -1.19. The van der Waals surface area contributed by atoms with E-state index in [0.29, 0.717) is 0 Å². The van der Waals surface area contributed by atoms with Gasteiger partial charge in [-0.25, -0.2) is 0 Å². The first-order chi connectivity index (χ1) is 4.12. The van der Waals surface area contributed by atoms with E-state index in [-0.39, 0.29) is 13.2 Å². The normalized spacial score (nSPS) is 18.2. The summed E-state index contributed by atoms with van der Waals surface area (Å²) in [5.74, 6) is 0. The summed E-state index contributed by atoms with van der Waals surface area (Å²) in [7, 11) is 0. The van der Waals surface area contributed by atoms with Crippen LogP contribution in [0.15, 0.2) is 12.2 Å². The highest BCUT2D eigenvalue weighted by Gasteiger charge is 2.12. The Hall–Kier alpha value is -0.380. The van der Waals surface area contributed by atoms with Crippen molar-refractivity contribution >= 4 is 0 Å². The van der Waals surface area contributed by atoms with Gasteiger partial charge in [-0.05, 0) is 6.92 Å². The average molecular weight is 132 g/mol. The molecule has 0 aliphatic carbocycles. The van der Waals surface area contributed by atoms with Crippen molar-refractivity contribution in [1.82, 2.24) is 0 Å². The Balaban J connectivity index is 3.70. The molecule has 0 aromatic heterocycles. The molecule has 0 rings (SSSR count). The van der Waals surface area contributed by atoms with Gasteiger partial charge in [-0.3, -0.25) is 0 Å². The molecule has 0 amide bonds. The first-order valence-electron chi connectivity index (χ1n) is 2.74. The van der Waals surface area contributed by atoms with Crippen molar-refractivity contribution in [2.24, 2.45) is 0 Å². The summed E-state index contributed by atoms with van der Waals surface area (Å²) in [6.45, 7) is 1.01. The Morgan fingerprint density at radius 2 is 2.00 bits per heavy atom. The molecule has 0 heterocycles. The van der Waals surface area contributed by atoms with Gasteiger partial charge < -0.3 is 15.3 Å². The topological polar surface area (TPSA) is 60.7 Å². The lowest BCUT2D eigenvalue weighted by atomic mass is 10.1. The van der Waals surface area contributed by atoms with Crippen LogP contribution in [0.3, 0.4) is 0 Å². The molecule has 54 valence electrons. The fourth-order valence-electron chi connectivity index (χ4n) is 0.359. The van der Waals surface area contributed by atoms with Crippen LogP contribution in [0, 0.1) is 0 Å². The summed E-state index contributed by atoms with van der Waals surface area (Å²) in [4.78, 5) is 0. The lowest BCUT2D eigenvalue weighted by molar-refractivity contribution is 0.0430. The van der Waals surface area contributed by atoms with Crippen molar-refractivity contribution in [1.29, 1.82) is 0 Å². The quantitative estimate of drug-likeness (QED) is 0.444. The SMILES string of the molecule is CC(O)(C=CCO)CO. The molecule has 0 radical (unpaired) electrons. The lowest BCUT2D eigenvalue weighted by Crippen LogP contribution is -2.25. The molecular weight excluding hydrogens is 120 g/mol. The first kappa shape index (κ1) is 8.62. The Bertz CT molecular complexity index is 96.5. The van der Waals surface area contributed by atoms with E-state index in [1.807, 2.05) is 0 Å². The van der Waals surface area contributed by atoms with E-state index in [0.717, 1.165) is 0 Å². The van der Waals surface area contributed by atoms with Crippen LogP contribution in [0.5, 0.6) is 0 Å². The van der Waals surface area contributed by atoms with E-state index in [1.54, 1.807) is 0 Å². The molecule has 0 aromatic rings. The monoisotopic (exact) mass is 132 g/mol. The van der Waals surface area contributed by atoms with Crippen LogP contribution in [-0.2, 0) is 0 Å². The second-order valence-electron chi connectivity index (χ2n) is 2.10. The molecule has 0 fully saturated rings. The summed E-state index contributed by atoms with van der Waals surface area (Å²) >= 11 is 0. The Labute approximate surface area is 54.3 Å². The van der Waals surface area contributed by atoms with Gasteiger partial charge in [0.1, 0.15) is 5.60 Å². The Morgan fingerprint density at radius 3 is 2.33 bits per heavy atom. The molecule has 0 saturated carbocycles. The molecule has 3 nitrogen and oxygen atoms in total. The fourth-order valence-corrected chi connectivity index (χ4v) is 0.359. The summed E-state index contributed by atoms with van der Waals surface area (Å²) in [6.07, 6.45) is 2.74. The number of hydrogen-bond acceptors (Lipinski definition) is 3. The second-order valence-corrected chi connectivity index (χ2v) is 2.10. The zero-order valence-corrected chi connectivity index (χ0v) is 5.41. The fraction of sp³-hybridized carbons (Fsp3) is 0.667. The number of aliphatic hydroxyl groups excluding tert-OH is 2. The van der Waals surface area contributed by atoms with Gasteiger partial charge >= 0.3 is 0 Å². The highest BCUT2D eigenvalue weighted by molar-refractivity contribution is 4.97. The maximum Gasteiger partial charge on any atom is 0.103 e. The van der Waals surface area contributed by atoms with Crippen LogP contribution in [0.25, 0.3) is 0 Å². The van der Waals surface area contributed by atoms with Gasteiger partial charge in [0, 0.05) is 0 Å². The molecular formula is C6H12O3. The third-order valence-corrected chi connectivity index (χ3v) is 0.902. The van der Waals surface area contributed by atoms with Crippen molar-refractivity contribution in [3.8, 4) is 0 Å². The molecule has 1 unspecified atom stereocenters. The number of rotatable bonds is 3. The maximum atomic E-state index is 9.01. The van der Waals surface area contributed by atoms with Gasteiger partial charge in [-0.2, -0.15) is 0 Å². The van der Waals surface area contributed by atoms with Crippen molar-refractivity contribution in [3.63, 3.8) is 0 Å². The molecule has 1 atom stereocenters. The molecule has 0 spiro atoms. The molecule has 3 N–H and O–H groups in total. The van der Waals surface area contributed by atoms with Gasteiger partial charge in [0.05, 0.1) is 13.2 Å². The van der Waals surface area contributed by atoms with Crippen LogP contribution < -0.4 is 0 Å². The molecule has 0 aliphatic rings. The zero-order chi connectivity index (χ0) is 7.33. The number of hydrogen-bond donors (Lipinski definition) is 3. The minimum Gasteiger partial charge on any atom is -0.393 e. The van der Waals surface area contributed by atoms with Crippen molar-refractivity contribution in [2.45, 2.75) is 12.5 Å². The average Bonchev–Trinajstić information content (AvgIpc) is 1.84. The van der Waals surface area contributed by atoms with Gasteiger partial charge in [0.2, 0.25) is 0 Å². The third kappa shape index (κ3) is 4.14. The largest absolute Gasteiger partial charge is 0.393 e. The van der Waals surface area contributed by atoms with Crippen LogP contribution in [0.4, 0.5) is 0 Å². The standard InChI is InChI=1S/C6H12O3/c1-6(9,5-8)3-2-4-7/h2-3,7-9H,4-5H2,1H3. The van der Waals surface area contributed by atoms with E-state index in [9.17, 15) is 0 Å². The second kappa shape index (κ2) is 3.61. The summed E-state index contributed by atoms with van der Waals surface area (Å²) in [5, 5.41) is 25.7. The predicted molar refractivity (Wildman–Crippen MR) is 33.9 cm³/mol. The van der Waals surface area contributed by atoms with E-state index in [4.69, 9.17) is 15.3 Å². The third-order valence-electron chi connectivity index (χ3n) is 0.902. The zero-order valence-electron chi connectivity index (χ0n) is 5.41. The minimum atomic E-state index is -1.19. The van der Waals surface area contributed by atoms with Gasteiger partial charge in [-0.1, -0.05) is 12.2 Å². The lowest BCUT2D eigenvalue weighted by Gasteiger charge is -2.13. The molecule has 0 bridgehead atoms. The molecule has 0 saturated heterocycles. The highest BCUT2D eigenvalue weighted by Crippen LogP contribution is 2.01. The van der Waals surface area contributed by atoms with E-state index >= 15 is 0 Å². The summed E-state index contributed by atoms with van der Waals surface area (Å²) < 4.78 is 0. The smallest absolute Gasteiger partial charge is 0.103 e. The van der Waals surface area contributed by atoms with Crippen molar-refractivity contribution in [2.75, 3.05) is 13.2 Å². The highest BCUT2D eigenvalue weighted by atomic mass is 16.3. The van der Waals surface area contributed by atoms with E-state index in [2.05, 4.69) is 0 Å². The molecule has 0 aliphatic heterocycles. The Morgan fingerprint density at radius 1 is 1.44 bits per heavy atom. The predicted octanol–water partition coefficient (Wildman–Crippen LogP) is -0.722. The van der Waals surface area contributed by atoms with Crippen LogP contribution in [0.1, 0.15) is 6.92 Å². The minimum absolute atomic E-state index is 0.115. The summed E-state index contributed by atoms with van der Waals surface area (Å²) in [6, 6.07) is 0. The van der Waals surface area contributed by atoms with Crippen LogP contribution in [-0.4, -0.2) is 34.1 Å². The number of aliphatic hydroxyl groups is 3. The first-order valence-corrected chi connectivity index (χ1v) is 2.74. The van der Waals surface area contributed by atoms with Crippen molar-refractivity contribution in [3.05, 3.63) is 12.2 Å². The van der Waals surface area contributed by atoms with Crippen molar-refractivity contribution < 1.29 is 15.3 Å². The van der Waals surface area contributed by atoms with E-state index < -0.39 is 5.60 Å². The van der Waals surface area contributed by atoms with Crippen LogP contribution in [0.2, 0.25) is 0 Å². The maximum absolute atomic E-state index is 9.01. The van der Waals surface area contributed by atoms with Crippen LogP contribution >= 0.6 is 0 Å². The Kier molecular flexibility index (Phi) is 3.46.